The molecule has 0 aliphatic heterocycles. The van der Waals surface area contributed by atoms with E-state index in [-0.39, 0.29) is 0 Å². The van der Waals surface area contributed by atoms with Crippen LogP contribution in [0.5, 0.6) is 11.5 Å². The minimum absolute atomic E-state index is 0.601. The number of ether oxygens (including phenoxy) is 2. The topological polar surface area (TPSA) is 38.7 Å². The lowest BCUT2D eigenvalue weighted by Gasteiger charge is -2.17. The van der Waals surface area contributed by atoms with Crippen LogP contribution >= 0.6 is 0 Å². The van der Waals surface area contributed by atoms with Crippen molar-refractivity contribution >= 4 is 6.08 Å². The SMILES string of the molecule is C/C=C/c1c(OC)ccc(OC)c1C(C)O. The fourth-order valence-electron chi connectivity index (χ4n) is 1.72. The molecule has 1 N–H and O–H groups in total. The lowest BCUT2D eigenvalue weighted by Crippen LogP contribution is -2.01. The lowest BCUT2D eigenvalue weighted by molar-refractivity contribution is 0.193. The fourth-order valence-corrected chi connectivity index (χ4v) is 1.72. The van der Waals surface area contributed by atoms with E-state index in [2.05, 4.69) is 0 Å². The first-order chi connectivity index (χ1) is 7.65. The van der Waals surface area contributed by atoms with Crippen molar-refractivity contribution in [3.8, 4) is 11.5 Å². The molecule has 0 amide bonds. The second kappa shape index (κ2) is 5.56. The maximum atomic E-state index is 9.79. The lowest BCUT2D eigenvalue weighted by atomic mass is 10.0. The molecule has 0 saturated carbocycles. The number of aliphatic hydroxyl groups excluding tert-OH is 1. The van der Waals surface area contributed by atoms with Gasteiger partial charge in [0, 0.05) is 11.1 Å². The highest BCUT2D eigenvalue weighted by molar-refractivity contribution is 5.65. The molecule has 3 nitrogen and oxygen atoms in total. The molecule has 1 aromatic carbocycles. The molecular formula is C13H18O3. The number of hydrogen-bond donors (Lipinski definition) is 1. The first-order valence-electron chi connectivity index (χ1n) is 5.21. The van der Waals surface area contributed by atoms with Crippen LogP contribution in [0.2, 0.25) is 0 Å². The van der Waals surface area contributed by atoms with Crippen molar-refractivity contribution in [2.24, 2.45) is 0 Å². The van der Waals surface area contributed by atoms with Crippen LogP contribution < -0.4 is 9.47 Å². The molecule has 16 heavy (non-hydrogen) atoms. The first kappa shape index (κ1) is 12.6. The molecule has 1 atom stereocenters. The zero-order valence-corrected chi connectivity index (χ0v) is 10.2. The third-order valence-electron chi connectivity index (χ3n) is 2.40. The summed E-state index contributed by atoms with van der Waals surface area (Å²) >= 11 is 0. The molecule has 1 rings (SSSR count). The van der Waals surface area contributed by atoms with E-state index in [9.17, 15) is 5.11 Å². The van der Waals surface area contributed by atoms with Gasteiger partial charge in [-0.3, -0.25) is 0 Å². The third-order valence-corrected chi connectivity index (χ3v) is 2.40. The standard InChI is InChI=1S/C13H18O3/c1-5-6-10-11(15-3)7-8-12(16-4)13(10)9(2)14/h5-9,14H,1-4H3/b6-5+. The Morgan fingerprint density at radius 2 is 1.75 bits per heavy atom. The predicted octanol–water partition coefficient (Wildman–Crippen LogP) is 2.79. The van der Waals surface area contributed by atoms with E-state index in [1.165, 1.54) is 0 Å². The van der Waals surface area contributed by atoms with Gasteiger partial charge < -0.3 is 14.6 Å². The molecule has 0 aromatic heterocycles. The fraction of sp³-hybridized carbons (Fsp3) is 0.385. The van der Waals surface area contributed by atoms with E-state index >= 15 is 0 Å². The average molecular weight is 222 g/mol. The molecule has 0 heterocycles. The molecule has 1 unspecified atom stereocenters. The van der Waals surface area contributed by atoms with Crippen molar-refractivity contribution in [3.63, 3.8) is 0 Å². The molecule has 0 aliphatic carbocycles. The van der Waals surface area contributed by atoms with Gasteiger partial charge in [0.15, 0.2) is 0 Å². The van der Waals surface area contributed by atoms with E-state index in [1.807, 2.05) is 25.1 Å². The van der Waals surface area contributed by atoms with Crippen molar-refractivity contribution in [2.75, 3.05) is 14.2 Å². The maximum absolute atomic E-state index is 9.79. The molecule has 0 bridgehead atoms. The van der Waals surface area contributed by atoms with Crippen molar-refractivity contribution < 1.29 is 14.6 Å². The van der Waals surface area contributed by atoms with Crippen LogP contribution in [0.15, 0.2) is 18.2 Å². The number of benzene rings is 1. The number of methoxy groups -OCH3 is 2. The van der Waals surface area contributed by atoms with Crippen LogP contribution in [0.1, 0.15) is 31.1 Å². The summed E-state index contributed by atoms with van der Waals surface area (Å²) in [6.45, 7) is 3.63. The molecular weight excluding hydrogens is 204 g/mol. The Labute approximate surface area is 96.3 Å². The normalized spacial score (nSPS) is 12.8. The molecule has 0 saturated heterocycles. The summed E-state index contributed by atoms with van der Waals surface area (Å²) in [5.74, 6) is 1.40. The minimum Gasteiger partial charge on any atom is -0.496 e. The number of hydrogen-bond acceptors (Lipinski definition) is 3. The van der Waals surface area contributed by atoms with Crippen LogP contribution in [0, 0.1) is 0 Å². The molecule has 3 heteroatoms. The number of allylic oxidation sites excluding steroid dienone is 1. The highest BCUT2D eigenvalue weighted by atomic mass is 16.5. The highest BCUT2D eigenvalue weighted by Gasteiger charge is 2.16. The second-order valence-corrected chi connectivity index (χ2v) is 3.47. The summed E-state index contributed by atoms with van der Waals surface area (Å²) in [6.07, 6.45) is 3.21. The Morgan fingerprint density at radius 1 is 1.19 bits per heavy atom. The van der Waals surface area contributed by atoms with E-state index in [0.717, 1.165) is 16.9 Å². The first-order valence-corrected chi connectivity index (χ1v) is 5.21. The molecule has 1 aromatic rings. The van der Waals surface area contributed by atoms with Crippen LogP contribution in [-0.4, -0.2) is 19.3 Å². The summed E-state index contributed by atoms with van der Waals surface area (Å²) in [5, 5.41) is 9.79. The summed E-state index contributed by atoms with van der Waals surface area (Å²) in [6, 6.07) is 3.63. The predicted molar refractivity (Wildman–Crippen MR) is 64.9 cm³/mol. The highest BCUT2D eigenvalue weighted by Crippen LogP contribution is 2.35. The van der Waals surface area contributed by atoms with Gasteiger partial charge in [0.25, 0.3) is 0 Å². The zero-order chi connectivity index (χ0) is 12.1. The third kappa shape index (κ3) is 2.36. The summed E-state index contributed by atoms with van der Waals surface area (Å²) in [4.78, 5) is 0. The zero-order valence-electron chi connectivity index (χ0n) is 10.2. The Hall–Kier alpha value is -1.48. The van der Waals surface area contributed by atoms with Gasteiger partial charge in [-0.05, 0) is 26.0 Å². The van der Waals surface area contributed by atoms with E-state index in [4.69, 9.17) is 9.47 Å². The molecule has 0 aliphatic rings. The van der Waals surface area contributed by atoms with Crippen LogP contribution in [0.3, 0.4) is 0 Å². The maximum Gasteiger partial charge on any atom is 0.126 e. The van der Waals surface area contributed by atoms with Gasteiger partial charge in [0.05, 0.1) is 20.3 Å². The Morgan fingerprint density at radius 3 is 2.19 bits per heavy atom. The van der Waals surface area contributed by atoms with Gasteiger partial charge in [-0.25, -0.2) is 0 Å². The second-order valence-electron chi connectivity index (χ2n) is 3.47. The summed E-state index contributed by atoms with van der Waals surface area (Å²) < 4.78 is 10.5. The Balaban J connectivity index is 3.46. The molecule has 0 spiro atoms. The van der Waals surface area contributed by atoms with Crippen molar-refractivity contribution in [1.29, 1.82) is 0 Å². The van der Waals surface area contributed by atoms with Crippen molar-refractivity contribution in [2.45, 2.75) is 20.0 Å². The van der Waals surface area contributed by atoms with Crippen molar-refractivity contribution in [3.05, 3.63) is 29.3 Å². The van der Waals surface area contributed by atoms with Crippen LogP contribution in [0.4, 0.5) is 0 Å². The van der Waals surface area contributed by atoms with Crippen LogP contribution in [0.25, 0.3) is 6.08 Å². The van der Waals surface area contributed by atoms with Gasteiger partial charge in [-0.2, -0.15) is 0 Å². The number of rotatable bonds is 4. The van der Waals surface area contributed by atoms with Gasteiger partial charge in [0.2, 0.25) is 0 Å². The largest absolute Gasteiger partial charge is 0.496 e. The summed E-state index contributed by atoms with van der Waals surface area (Å²) in [5.41, 5.74) is 1.61. The molecule has 88 valence electrons. The number of aliphatic hydroxyl groups is 1. The van der Waals surface area contributed by atoms with E-state index in [1.54, 1.807) is 27.2 Å². The quantitative estimate of drug-likeness (QED) is 0.851. The van der Waals surface area contributed by atoms with Gasteiger partial charge in [-0.1, -0.05) is 12.2 Å². The van der Waals surface area contributed by atoms with Gasteiger partial charge >= 0.3 is 0 Å². The van der Waals surface area contributed by atoms with Gasteiger partial charge in [0.1, 0.15) is 11.5 Å². The average Bonchev–Trinajstić information content (AvgIpc) is 2.28. The minimum atomic E-state index is -0.601. The van der Waals surface area contributed by atoms with E-state index < -0.39 is 6.10 Å². The summed E-state index contributed by atoms with van der Waals surface area (Å²) in [7, 11) is 3.20. The Kier molecular flexibility index (Phi) is 4.38. The molecule has 0 radical (unpaired) electrons. The van der Waals surface area contributed by atoms with Crippen LogP contribution in [-0.2, 0) is 0 Å². The van der Waals surface area contributed by atoms with E-state index in [0.29, 0.717) is 5.75 Å². The van der Waals surface area contributed by atoms with Gasteiger partial charge in [-0.15, -0.1) is 0 Å². The van der Waals surface area contributed by atoms with Crippen molar-refractivity contribution in [1.82, 2.24) is 0 Å². The monoisotopic (exact) mass is 222 g/mol. The smallest absolute Gasteiger partial charge is 0.126 e. The Bertz CT molecular complexity index is 381. The molecule has 0 fully saturated rings.